The Labute approximate surface area is 227 Å². The van der Waals surface area contributed by atoms with E-state index in [9.17, 15) is 14.4 Å². The molecule has 0 aliphatic heterocycles. The minimum Gasteiger partial charge on any atom is -0.395 e. The van der Waals surface area contributed by atoms with Gasteiger partial charge < -0.3 is 16.4 Å². The van der Waals surface area contributed by atoms with E-state index >= 15 is 0 Å². The van der Waals surface area contributed by atoms with Crippen LogP contribution in [0.3, 0.4) is 0 Å². The smallest absolute Gasteiger partial charge is 0.273 e. The summed E-state index contributed by atoms with van der Waals surface area (Å²) in [5, 5.41) is 5.98. The van der Waals surface area contributed by atoms with Crippen molar-refractivity contribution in [3.05, 3.63) is 76.3 Å². The topological polar surface area (TPSA) is 117 Å². The van der Waals surface area contributed by atoms with Gasteiger partial charge in [-0.2, -0.15) is 4.37 Å². The van der Waals surface area contributed by atoms with Crippen LogP contribution in [0.4, 0.5) is 11.4 Å². The number of aromatic nitrogens is 1. The van der Waals surface area contributed by atoms with E-state index in [1.54, 1.807) is 0 Å². The third kappa shape index (κ3) is 6.39. The first kappa shape index (κ1) is 27.3. The molecule has 200 valence electrons. The number of rotatable bonds is 9. The Balaban J connectivity index is 1.59. The lowest BCUT2D eigenvalue weighted by molar-refractivity contribution is -0.122. The molecule has 38 heavy (non-hydrogen) atoms. The van der Waals surface area contributed by atoms with Crippen molar-refractivity contribution >= 4 is 40.6 Å². The number of carbonyl (C=O) groups excluding carboxylic acids is 3. The van der Waals surface area contributed by atoms with Gasteiger partial charge in [0.15, 0.2) is 5.69 Å². The van der Waals surface area contributed by atoms with Gasteiger partial charge >= 0.3 is 0 Å². The van der Waals surface area contributed by atoms with E-state index in [4.69, 9.17) is 5.73 Å². The molecule has 0 radical (unpaired) electrons. The van der Waals surface area contributed by atoms with Crippen LogP contribution in [0.25, 0.3) is 0 Å². The number of aryl methyl sites for hydroxylation is 1. The van der Waals surface area contributed by atoms with Gasteiger partial charge in [0, 0.05) is 18.3 Å². The molecular weight excluding hydrogens is 498 g/mol. The zero-order valence-electron chi connectivity index (χ0n) is 21.9. The predicted octanol–water partition coefficient (Wildman–Crippen LogP) is 4.84. The first-order chi connectivity index (χ1) is 18.4. The standard InChI is InChI=1S/C29H35N5O3S/c1-3-23(27(35)31-18-20-10-6-4-7-11-20)34(22-16-14-19(2)15-17-22)29(37)26-24(30)25(33-38-26)28(36)32-21-12-8-5-9-13-21/h4,6-7,10-11,14-17,21,23H,3,5,8-9,12-13,18,30H2,1-2H3,(H,31,35)(H,32,36). The number of anilines is 2. The Hall–Kier alpha value is -3.72. The van der Waals surface area contributed by atoms with Crippen molar-refractivity contribution < 1.29 is 14.4 Å². The molecule has 2 aromatic carbocycles. The van der Waals surface area contributed by atoms with E-state index < -0.39 is 11.9 Å². The summed E-state index contributed by atoms with van der Waals surface area (Å²) in [7, 11) is 0. The molecule has 3 aromatic rings. The second-order valence-electron chi connectivity index (χ2n) is 9.72. The fraction of sp³-hybridized carbons (Fsp3) is 0.379. The maximum absolute atomic E-state index is 14.0. The van der Waals surface area contributed by atoms with Gasteiger partial charge in [0.2, 0.25) is 5.91 Å². The number of nitrogens with one attached hydrogen (secondary N) is 2. The normalized spacial score (nSPS) is 14.5. The van der Waals surface area contributed by atoms with E-state index in [-0.39, 0.29) is 34.1 Å². The molecule has 0 bridgehead atoms. The van der Waals surface area contributed by atoms with Gasteiger partial charge in [0.05, 0.1) is 5.69 Å². The maximum atomic E-state index is 14.0. The van der Waals surface area contributed by atoms with Gasteiger partial charge in [-0.25, -0.2) is 0 Å². The van der Waals surface area contributed by atoms with Crippen molar-refractivity contribution in [2.24, 2.45) is 0 Å². The number of amides is 3. The Bertz CT molecular complexity index is 1250. The van der Waals surface area contributed by atoms with Crippen LogP contribution < -0.4 is 21.3 Å². The van der Waals surface area contributed by atoms with Crippen LogP contribution in [0.1, 0.15) is 76.7 Å². The van der Waals surface area contributed by atoms with E-state index in [0.29, 0.717) is 18.7 Å². The molecule has 1 fully saturated rings. The van der Waals surface area contributed by atoms with Crippen LogP contribution in [0.15, 0.2) is 54.6 Å². The van der Waals surface area contributed by atoms with E-state index in [2.05, 4.69) is 15.0 Å². The largest absolute Gasteiger partial charge is 0.395 e. The van der Waals surface area contributed by atoms with Crippen LogP contribution in [0, 0.1) is 6.92 Å². The molecule has 0 spiro atoms. The van der Waals surface area contributed by atoms with Crippen LogP contribution in [-0.2, 0) is 11.3 Å². The summed E-state index contributed by atoms with van der Waals surface area (Å²) in [6.45, 7) is 4.17. The molecule has 1 aliphatic carbocycles. The minimum atomic E-state index is -0.782. The first-order valence-corrected chi connectivity index (χ1v) is 13.9. The van der Waals surface area contributed by atoms with E-state index in [1.807, 2.05) is 68.4 Å². The van der Waals surface area contributed by atoms with Crippen molar-refractivity contribution in [2.45, 2.75) is 71.0 Å². The Morgan fingerprint density at radius 1 is 1.05 bits per heavy atom. The van der Waals surface area contributed by atoms with Crippen molar-refractivity contribution in [3.8, 4) is 0 Å². The van der Waals surface area contributed by atoms with Gasteiger partial charge in [-0.3, -0.25) is 19.3 Å². The maximum Gasteiger partial charge on any atom is 0.273 e. The zero-order valence-corrected chi connectivity index (χ0v) is 22.7. The number of hydrogen-bond donors (Lipinski definition) is 3. The van der Waals surface area contributed by atoms with Crippen LogP contribution in [0.5, 0.6) is 0 Å². The summed E-state index contributed by atoms with van der Waals surface area (Å²) in [5.41, 5.74) is 9.02. The summed E-state index contributed by atoms with van der Waals surface area (Å²) in [5.74, 6) is -1.09. The average Bonchev–Trinajstić information content (AvgIpc) is 3.33. The zero-order chi connectivity index (χ0) is 27.1. The quantitative estimate of drug-likeness (QED) is 0.364. The third-order valence-electron chi connectivity index (χ3n) is 6.92. The van der Waals surface area contributed by atoms with Crippen LogP contribution in [-0.4, -0.2) is 34.2 Å². The highest BCUT2D eigenvalue weighted by Gasteiger charge is 2.34. The Kier molecular flexibility index (Phi) is 9.12. The number of nitrogens with zero attached hydrogens (tertiary/aromatic N) is 2. The molecule has 4 rings (SSSR count). The lowest BCUT2D eigenvalue weighted by Gasteiger charge is -2.30. The van der Waals surface area contributed by atoms with Gasteiger partial charge in [-0.15, -0.1) is 0 Å². The molecule has 9 heteroatoms. The van der Waals surface area contributed by atoms with Crippen molar-refractivity contribution in [1.29, 1.82) is 0 Å². The summed E-state index contributed by atoms with van der Waals surface area (Å²) < 4.78 is 4.25. The van der Waals surface area contributed by atoms with Crippen LogP contribution in [0.2, 0.25) is 0 Å². The van der Waals surface area contributed by atoms with Gasteiger partial charge in [0.1, 0.15) is 10.9 Å². The van der Waals surface area contributed by atoms with Gasteiger partial charge in [-0.05, 0) is 55.4 Å². The molecule has 4 N–H and O–H groups in total. The fourth-order valence-electron chi connectivity index (χ4n) is 4.76. The second kappa shape index (κ2) is 12.7. The van der Waals surface area contributed by atoms with Crippen LogP contribution >= 0.6 is 11.5 Å². The van der Waals surface area contributed by atoms with Crippen molar-refractivity contribution in [2.75, 3.05) is 10.6 Å². The minimum absolute atomic E-state index is 0.0463. The van der Waals surface area contributed by atoms with Crippen molar-refractivity contribution in [1.82, 2.24) is 15.0 Å². The molecule has 8 nitrogen and oxygen atoms in total. The molecule has 1 saturated carbocycles. The summed E-state index contributed by atoms with van der Waals surface area (Å²) in [4.78, 5) is 41.9. The first-order valence-electron chi connectivity index (χ1n) is 13.2. The number of carbonyl (C=O) groups is 3. The summed E-state index contributed by atoms with van der Waals surface area (Å²) in [6, 6.07) is 16.3. The number of benzene rings is 2. The predicted molar refractivity (Wildman–Crippen MR) is 151 cm³/mol. The number of nitrogen functional groups attached to an aromatic ring is 1. The molecule has 1 aromatic heterocycles. The highest BCUT2D eigenvalue weighted by molar-refractivity contribution is 7.09. The molecule has 1 heterocycles. The molecule has 1 unspecified atom stereocenters. The highest BCUT2D eigenvalue weighted by Crippen LogP contribution is 2.29. The van der Waals surface area contributed by atoms with Gasteiger partial charge in [-0.1, -0.05) is 74.2 Å². The molecule has 0 saturated heterocycles. The van der Waals surface area contributed by atoms with Gasteiger partial charge in [0.25, 0.3) is 11.8 Å². The molecule has 3 amide bonds. The van der Waals surface area contributed by atoms with E-state index in [1.165, 1.54) is 11.3 Å². The highest BCUT2D eigenvalue weighted by atomic mass is 32.1. The SMILES string of the molecule is CCC(C(=O)NCc1ccccc1)N(C(=O)c1snc(C(=O)NC2CCCCC2)c1N)c1ccc(C)cc1. The Morgan fingerprint density at radius 3 is 2.39 bits per heavy atom. The number of hydrogen-bond acceptors (Lipinski definition) is 6. The van der Waals surface area contributed by atoms with E-state index in [0.717, 1.165) is 48.3 Å². The molecule has 1 aliphatic rings. The lowest BCUT2D eigenvalue weighted by Crippen LogP contribution is -2.49. The van der Waals surface area contributed by atoms with Crippen molar-refractivity contribution in [3.63, 3.8) is 0 Å². The fourth-order valence-corrected chi connectivity index (χ4v) is 5.49. The molecular formula is C29H35N5O3S. The molecule has 1 atom stereocenters. The monoisotopic (exact) mass is 533 g/mol. The Morgan fingerprint density at radius 2 is 1.74 bits per heavy atom. The summed E-state index contributed by atoms with van der Waals surface area (Å²) >= 11 is 0.892. The lowest BCUT2D eigenvalue weighted by atomic mass is 9.95. The third-order valence-corrected chi connectivity index (χ3v) is 7.77. The second-order valence-corrected chi connectivity index (χ2v) is 10.5. The number of nitrogens with two attached hydrogens (primary N) is 1. The average molecular weight is 534 g/mol. The summed E-state index contributed by atoms with van der Waals surface area (Å²) in [6.07, 6.45) is 5.58.